The number of thioether (sulfide) groups is 1. The number of amides is 1. The first-order valence-corrected chi connectivity index (χ1v) is 9.35. The van der Waals surface area contributed by atoms with Gasteiger partial charge in [0.1, 0.15) is 5.75 Å². The van der Waals surface area contributed by atoms with Crippen molar-refractivity contribution in [2.24, 2.45) is 0 Å². The first kappa shape index (κ1) is 16.8. The van der Waals surface area contributed by atoms with Crippen molar-refractivity contribution in [2.75, 3.05) is 49.7 Å². The van der Waals surface area contributed by atoms with Crippen molar-refractivity contribution in [1.82, 2.24) is 15.1 Å². The summed E-state index contributed by atoms with van der Waals surface area (Å²) in [5, 5.41) is 8.09. The predicted octanol–water partition coefficient (Wildman–Crippen LogP) is 1.57. The molecule has 2 heterocycles. The van der Waals surface area contributed by atoms with Gasteiger partial charge >= 0.3 is 0 Å². The van der Waals surface area contributed by atoms with Crippen LogP contribution in [0.2, 0.25) is 0 Å². The van der Waals surface area contributed by atoms with Gasteiger partial charge < -0.3 is 20.3 Å². The monoisotopic (exact) mass is 365 g/mol. The van der Waals surface area contributed by atoms with Gasteiger partial charge in [0, 0.05) is 26.2 Å². The number of carbonyl (C=O) groups is 1. The average molecular weight is 365 g/mol. The topological polar surface area (TPSA) is 84.6 Å². The summed E-state index contributed by atoms with van der Waals surface area (Å²) >= 11 is 2.69. The van der Waals surface area contributed by atoms with Crippen molar-refractivity contribution >= 4 is 39.8 Å². The van der Waals surface area contributed by atoms with Crippen LogP contribution in [0.25, 0.3) is 0 Å². The van der Waals surface area contributed by atoms with Crippen LogP contribution in [0.15, 0.2) is 28.6 Å². The van der Waals surface area contributed by atoms with E-state index >= 15 is 0 Å². The summed E-state index contributed by atoms with van der Waals surface area (Å²) in [6, 6.07) is 7.96. The molecule has 1 aliphatic heterocycles. The third kappa shape index (κ3) is 3.90. The number of hydrogen-bond donors (Lipinski definition) is 1. The van der Waals surface area contributed by atoms with E-state index < -0.39 is 0 Å². The van der Waals surface area contributed by atoms with E-state index in [9.17, 15) is 4.79 Å². The Labute approximate surface area is 148 Å². The van der Waals surface area contributed by atoms with Crippen LogP contribution in [0.5, 0.6) is 5.75 Å². The fraction of sp³-hybridized carbons (Fsp3) is 0.400. The van der Waals surface area contributed by atoms with Gasteiger partial charge in [-0.1, -0.05) is 35.2 Å². The van der Waals surface area contributed by atoms with Gasteiger partial charge in [-0.2, -0.15) is 0 Å². The summed E-state index contributed by atoms with van der Waals surface area (Å²) in [5.74, 6) is 1.35. The van der Waals surface area contributed by atoms with Gasteiger partial charge in [0.05, 0.1) is 18.6 Å². The van der Waals surface area contributed by atoms with Gasteiger partial charge in [-0.05, 0) is 12.1 Å². The number of methoxy groups -OCH3 is 1. The second-order valence-electron chi connectivity index (χ2n) is 5.23. The summed E-state index contributed by atoms with van der Waals surface area (Å²) in [5.41, 5.74) is 6.62. The highest BCUT2D eigenvalue weighted by Gasteiger charge is 2.23. The lowest BCUT2D eigenvalue weighted by Gasteiger charge is -2.36. The fourth-order valence-corrected chi connectivity index (χ4v) is 4.12. The molecule has 2 aromatic rings. The van der Waals surface area contributed by atoms with Crippen LogP contribution in [0.4, 0.5) is 10.8 Å². The maximum Gasteiger partial charge on any atom is 0.233 e. The van der Waals surface area contributed by atoms with Crippen LogP contribution in [-0.4, -0.2) is 60.0 Å². The normalized spacial score (nSPS) is 14.7. The zero-order valence-corrected chi connectivity index (χ0v) is 15.0. The molecule has 0 aliphatic carbocycles. The lowest BCUT2D eigenvalue weighted by Crippen LogP contribution is -2.49. The molecule has 1 aromatic heterocycles. The Morgan fingerprint density at radius 2 is 2.04 bits per heavy atom. The highest BCUT2D eigenvalue weighted by molar-refractivity contribution is 8.01. The van der Waals surface area contributed by atoms with Gasteiger partial charge in [-0.25, -0.2) is 0 Å². The van der Waals surface area contributed by atoms with Crippen molar-refractivity contribution < 1.29 is 9.53 Å². The van der Waals surface area contributed by atoms with Gasteiger partial charge in [0.2, 0.25) is 11.0 Å². The standard InChI is InChI=1S/C15H19N5O2S2/c1-22-12-5-3-2-4-11(12)19-6-8-20(9-7-19)13(21)10-23-15-18-17-14(16)24-15/h2-5H,6-10H2,1H3,(H2,16,17). The molecule has 7 nitrogen and oxygen atoms in total. The minimum atomic E-state index is 0.119. The van der Waals surface area contributed by atoms with Crippen LogP contribution < -0.4 is 15.4 Å². The van der Waals surface area contributed by atoms with Crippen LogP contribution in [0.3, 0.4) is 0 Å². The summed E-state index contributed by atoms with van der Waals surface area (Å²) in [7, 11) is 1.68. The van der Waals surface area contributed by atoms with Crippen LogP contribution in [0.1, 0.15) is 0 Å². The Kier molecular flexibility index (Phi) is 5.41. The lowest BCUT2D eigenvalue weighted by molar-refractivity contribution is -0.128. The highest BCUT2D eigenvalue weighted by Crippen LogP contribution is 2.28. The molecule has 0 bridgehead atoms. The van der Waals surface area contributed by atoms with E-state index in [2.05, 4.69) is 15.1 Å². The first-order valence-electron chi connectivity index (χ1n) is 7.55. The number of nitrogens with two attached hydrogens (primary N) is 1. The number of aromatic nitrogens is 2. The van der Waals surface area contributed by atoms with E-state index in [0.717, 1.165) is 28.9 Å². The minimum absolute atomic E-state index is 0.119. The number of nitrogen functional groups attached to an aromatic ring is 1. The van der Waals surface area contributed by atoms with Gasteiger partial charge in [0.15, 0.2) is 4.34 Å². The smallest absolute Gasteiger partial charge is 0.233 e. The van der Waals surface area contributed by atoms with Crippen molar-refractivity contribution in [3.05, 3.63) is 24.3 Å². The number of ether oxygens (including phenoxy) is 1. The Bertz CT molecular complexity index is 701. The molecule has 0 unspecified atom stereocenters. The lowest BCUT2D eigenvalue weighted by atomic mass is 10.2. The molecule has 128 valence electrons. The SMILES string of the molecule is COc1ccccc1N1CCN(C(=O)CSc2nnc(N)s2)CC1. The van der Waals surface area contributed by atoms with E-state index in [1.165, 1.54) is 23.1 Å². The third-order valence-corrected chi connectivity index (χ3v) is 5.67. The molecular formula is C15H19N5O2S2. The summed E-state index contributed by atoms with van der Waals surface area (Å²) in [4.78, 5) is 16.5. The Hall–Kier alpha value is -2.00. The van der Waals surface area contributed by atoms with Gasteiger partial charge in [0.25, 0.3) is 0 Å². The maximum absolute atomic E-state index is 12.3. The second kappa shape index (κ2) is 7.71. The van der Waals surface area contributed by atoms with Crippen molar-refractivity contribution in [3.8, 4) is 5.75 Å². The zero-order valence-electron chi connectivity index (χ0n) is 13.3. The largest absolute Gasteiger partial charge is 0.495 e. The minimum Gasteiger partial charge on any atom is -0.495 e. The molecule has 0 atom stereocenters. The molecular weight excluding hydrogens is 346 g/mol. The van der Waals surface area contributed by atoms with Crippen LogP contribution >= 0.6 is 23.1 Å². The van der Waals surface area contributed by atoms with E-state index in [-0.39, 0.29) is 5.91 Å². The second-order valence-corrected chi connectivity index (χ2v) is 7.47. The number of rotatable bonds is 5. The van der Waals surface area contributed by atoms with Crippen LogP contribution in [0, 0.1) is 0 Å². The molecule has 3 rings (SSSR count). The van der Waals surface area contributed by atoms with E-state index in [1.807, 2.05) is 29.2 Å². The number of benzene rings is 1. The highest BCUT2D eigenvalue weighted by atomic mass is 32.2. The third-order valence-electron chi connectivity index (χ3n) is 3.80. The van der Waals surface area contributed by atoms with Crippen molar-refractivity contribution in [1.29, 1.82) is 0 Å². The molecule has 2 N–H and O–H groups in total. The summed E-state index contributed by atoms with van der Waals surface area (Å²) < 4.78 is 6.15. The molecule has 1 saturated heterocycles. The fourth-order valence-electron chi connectivity index (χ4n) is 2.58. The zero-order chi connectivity index (χ0) is 16.9. The number of para-hydroxylation sites is 2. The molecule has 0 saturated carbocycles. The average Bonchev–Trinajstić information content (AvgIpc) is 3.05. The number of anilines is 2. The molecule has 1 aliphatic rings. The molecule has 1 amide bonds. The Balaban J connectivity index is 1.52. The molecule has 1 fully saturated rings. The van der Waals surface area contributed by atoms with Crippen molar-refractivity contribution in [3.63, 3.8) is 0 Å². The Morgan fingerprint density at radius 3 is 2.71 bits per heavy atom. The van der Waals surface area contributed by atoms with E-state index in [0.29, 0.717) is 24.0 Å². The number of piperazine rings is 1. The molecule has 24 heavy (non-hydrogen) atoms. The molecule has 9 heteroatoms. The van der Waals surface area contributed by atoms with E-state index in [4.69, 9.17) is 10.5 Å². The van der Waals surface area contributed by atoms with Gasteiger partial charge in [-0.15, -0.1) is 10.2 Å². The Morgan fingerprint density at radius 1 is 1.29 bits per heavy atom. The molecule has 0 radical (unpaired) electrons. The van der Waals surface area contributed by atoms with E-state index in [1.54, 1.807) is 7.11 Å². The quantitative estimate of drug-likeness (QED) is 0.805. The maximum atomic E-state index is 12.3. The number of carbonyl (C=O) groups excluding carboxylic acids is 1. The summed E-state index contributed by atoms with van der Waals surface area (Å²) in [6.07, 6.45) is 0. The first-order chi connectivity index (χ1) is 11.7. The summed E-state index contributed by atoms with van der Waals surface area (Å²) in [6.45, 7) is 3.00. The number of hydrogen-bond acceptors (Lipinski definition) is 8. The van der Waals surface area contributed by atoms with Crippen LogP contribution in [-0.2, 0) is 4.79 Å². The number of nitrogens with zero attached hydrogens (tertiary/aromatic N) is 4. The predicted molar refractivity (Wildman–Crippen MR) is 96.8 cm³/mol. The molecule has 0 spiro atoms. The van der Waals surface area contributed by atoms with Crippen molar-refractivity contribution in [2.45, 2.75) is 4.34 Å². The molecule has 1 aromatic carbocycles. The van der Waals surface area contributed by atoms with Gasteiger partial charge in [-0.3, -0.25) is 4.79 Å².